The first kappa shape index (κ1) is 40.7. The quantitative estimate of drug-likeness (QED) is 0.0423. The van der Waals surface area contributed by atoms with Crippen molar-refractivity contribution >= 4 is 11.9 Å². The van der Waals surface area contributed by atoms with E-state index >= 15 is 0 Å². The van der Waals surface area contributed by atoms with E-state index in [1.54, 1.807) is 0 Å². The maximum atomic E-state index is 11.8. The molecule has 4 nitrogen and oxygen atoms in total. The maximum absolute atomic E-state index is 11.8. The van der Waals surface area contributed by atoms with Crippen LogP contribution in [0.2, 0.25) is 0 Å². The van der Waals surface area contributed by atoms with Gasteiger partial charge >= 0.3 is 11.9 Å². The third-order valence-corrected chi connectivity index (χ3v) is 8.34. The van der Waals surface area contributed by atoms with Gasteiger partial charge in [-0.25, -0.2) is 9.59 Å². The smallest absolute Gasteiger partial charge is 0.331 e. The minimum Gasteiger partial charge on any atom is -0.463 e. The van der Waals surface area contributed by atoms with E-state index in [0.717, 1.165) is 25.7 Å². The maximum Gasteiger partial charge on any atom is 0.331 e. The Kier molecular flexibility index (Phi) is 34.7. The Morgan fingerprint density at radius 1 is 0.333 bits per heavy atom. The van der Waals surface area contributed by atoms with E-state index in [1.165, 1.54) is 179 Å². The van der Waals surface area contributed by atoms with Crippen LogP contribution >= 0.6 is 0 Å². The molecule has 0 heterocycles. The third-order valence-electron chi connectivity index (χ3n) is 8.34. The van der Waals surface area contributed by atoms with Gasteiger partial charge < -0.3 is 9.47 Å². The van der Waals surface area contributed by atoms with Crippen molar-refractivity contribution in [3.8, 4) is 0 Å². The predicted octanol–water partition coefficient (Wildman–Crippen LogP) is 12.4. The SMILES string of the molecule is CCCCCCCCCCCCCCCCCCOC(=O)/C=C\C(=O)OCCCCCCCCCCCCCCCC. The molecule has 0 radical (unpaired) electrons. The molecule has 0 aromatic rings. The Labute approximate surface area is 262 Å². The van der Waals surface area contributed by atoms with Gasteiger partial charge in [0.15, 0.2) is 0 Å². The predicted molar refractivity (Wildman–Crippen MR) is 181 cm³/mol. The van der Waals surface area contributed by atoms with E-state index in [1.807, 2.05) is 0 Å². The molecular weight excluding hydrogens is 520 g/mol. The lowest BCUT2D eigenvalue weighted by Gasteiger charge is -2.04. The average Bonchev–Trinajstić information content (AvgIpc) is 2.99. The van der Waals surface area contributed by atoms with E-state index in [9.17, 15) is 9.59 Å². The average molecular weight is 593 g/mol. The molecule has 0 unspecified atom stereocenters. The molecule has 0 spiro atoms. The van der Waals surface area contributed by atoms with Crippen LogP contribution in [0.1, 0.15) is 206 Å². The summed E-state index contributed by atoms with van der Waals surface area (Å²) < 4.78 is 10.4. The van der Waals surface area contributed by atoms with Crippen molar-refractivity contribution in [3.63, 3.8) is 0 Å². The Morgan fingerprint density at radius 3 is 0.738 bits per heavy atom. The second kappa shape index (κ2) is 35.9. The molecule has 248 valence electrons. The highest BCUT2D eigenvalue weighted by Crippen LogP contribution is 2.15. The summed E-state index contributed by atoms with van der Waals surface area (Å²) in [6.45, 7) is 5.40. The molecule has 0 fully saturated rings. The molecule has 0 saturated carbocycles. The van der Waals surface area contributed by atoms with Crippen LogP contribution in [0, 0.1) is 0 Å². The first-order valence-electron chi connectivity index (χ1n) is 18.7. The Balaban J connectivity index is 3.33. The van der Waals surface area contributed by atoms with Crippen molar-refractivity contribution in [2.75, 3.05) is 13.2 Å². The minimum absolute atomic E-state index is 0.426. The van der Waals surface area contributed by atoms with E-state index in [-0.39, 0.29) is 0 Å². The van der Waals surface area contributed by atoms with Gasteiger partial charge in [0.25, 0.3) is 0 Å². The van der Waals surface area contributed by atoms with Crippen molar-refractivity contribution in [2.45, 2.75) is 206 Å². The number of unbranched alkanes of at least 4 members (excludes halogenated alkanes) is 28. The van der Waals surface area contributed by atoms with Gasteiger partial charge in [0.2, 0.25) is 0 Å². The Morgan fingerprint density at radius 2 is 0.524 bits per heavy atom. The molecule has 0 bridgehead atoms. The lowest BCUT2D eigenvalue weighted by molar-refractivity contribution is -0.140. The minimum atomic E-state index is -0.455. The highest BCUT2D eigenvalue weighted by Gasteiger charge is 2.02. The van der Waals surface area contributed by atoms with Gasteiger partial charge in [0, 0.05) is 12.2 Å². The molecule has 0 rings (SSSR count). The fourth-order valence-corrected chi connectivity index (χ4v) is 5.52. The van der Waals surface area contributed by atoms with Crippen molar-refractivity contribution in [1.82, 2.24) is 0 Å². The molecule has 0 aliphatic carbocycles. The van der Waals surface area contributed by atoms with E-state index in [0.29, 0.717) is 13.2 Å². The van der Waals surface area contributed by atoms with Crippen LogP contribution in [0.4, 0.5) is 0 Å². The first-order valence-corrected chi connectivity index (χ1v) is 18.7. The molecular formula is C38H72O4. The number of hydrogen-bond donors (Lipinski definition) is 0. The number of rotatable bonds is 34. The summed E-state index contributed by atoms with van der Waals surface area (Å²) in [4.78, 5) is 23.6. The topological polar surface area (TPSA) is 52.6 Å². The van der Waals surface area contributed by atoms with Gasteiger partial charge in [0.05, 0.1) is 13.2 Å². The number of hydrogen-bond acceptors (Lipinski definition) is 4. The molecule has 0 amide bonds. The largest absolute Gasteiger partial charge is 0.463 e. The van der Waals surface area contributed by atoms with Crippen molar-refractivity contribution in [2.24, 2.45) is 0 Å². The van der Waals surface area contributed by atoms with Crippen LogP contribution in [0.25, 0.3) is 0 Å². The van der Waals surface area contributed by atoms with Crippen LogP contribution in [0.15, 0.2) is 12.2 Å². The summed E-state index contributed by atoms with van der Waals surface area (Å²) in [6.07, 6.45) is 41.8. The highest BCUT2D eigenvalue weighted by atomic mass is 16.5. The zero-order chi connectivity index (χ0) is 30.6. The van der Waals surface area contributed by atoms with Crippen molar-refractivity contribution in [3.05, 3.63) is 12.2 Å². The number of carbonyl (C=O) groups is 2. The molecule has 0 atom stereocenters. The van der Waals surface area contributed by atoms with Crippen LogP contribution < -0.4 is 0 Å². The number of esters is 2. The number of carbonyl (C=O) groups excluding carboxylic acids is 2. The first-order chi connectivity index (χ1) is 20.7. The summed E-state index contributed by atoms with van der Waals surface area (Å²) in [5, 5.41) is 0. The van der Waals surface area contributed by atoms with Crippen LogP contribution in [-0.2, 0) is 19.1 Å². The van der Waals surface area contributed by atoms with Gasteiger partial charge in [0.1, 0.15) is 0 Å². The number of ether oxygens (including phenoxy) is 2. The van der Waals surface area contributed by atoms with E-state index < -0.39 is 11.9 Å². The monoisotopic (exact) mass is 593 g/mol. The fourth-order valence-electron chi connectivity index (χ4n) is 5.52. The lowest BCUT2D eigenvalue weighted by atomic mass is 10.0. The summed E-state index contributed by atoms with van der Waals surface area (Å²) in [5.41, 5.74) is 0. The van der Waals surface area contributed by atoms with Gasteiger partial charge in [-0.3, -0.25) is 0 Å². The molecule has 0 aromatic heterocycles. The highest BCUT2D eigenvalue weighted by molar-refractivity contribution is 5.91. The zero-order valence-electron chi connectivity index (χ0n) is 28.4. The molecule has 4 heteroatoms. The van der Waals surface area contributed by atoms with Crippen LogP contribution in [0.3, 0.4) is 0 Å². The molecule has 0 saturated heterocycles. The molecule has 0 N–H and O–H groups in total. The lowest BCUT2D eigenvalue weighted by Crippen LogP contribution is -2.06. The summed E-state index contributed by atoms with van der Waals surface area (Å²) >= 11 is 0. The zero-order valence-corrected chi connectivity index (χ0v) is 28.4. The summed E-state index contributed by atoms with van der Waals surface area (Å²) in [7, 11) is 0. The summed E-state index contributed by atoms with van der Waals surface area (Å²) in [5.74, 6) is -0.909. The standard InChI is InChI=1S/C38H72O4/c1-3-5-7-9-11-13-15-17-19-20-22-24-26-28-30-32-36-42-38(40)34-33-37(39)41-35-31-29-27-25-23-21-18-16-14-12-10-8-6-4-2/h33-34H,3-32,35-36H2,1-2H3/b34-33-. The molecule has 0 aliphatic rings. The van der Waals surface area contributed by atoms with Gasteiger partial charge in [-0.05, 0) is 12.8 Å². The Bertz CT molecular complexity index is 586. The van der Waals surface area contributed by atoms with Gasteiger partial charge in [-0.2, -0.15) is 0 Å². The fraction of sp³-hybridized carbons (Fsp3) is 0.895. The second-order valence-electron chi connectivity index (χ2n) is 12.6. The molecule has 0 aromatic carbocycles. The van der Waals surface area contributed by atoms with Crippen LogP contribution in [0.5, 0.6) is 0 Å². The molecule has 0 aliphatic heterocycles. The third kappa shape index (κ3) is 34.9. The second-order valence-corrected chi connectivity index (χ2v) is 12.6. The van der Waals surface area contributed by atoms with Crippen LogP contribution in [-0.4, -0.2) is 25.2 Å². The normalized spacial score (nSPS) is 11.4. The van der Waals surface area contributed by atoms with E-state index in [2.05, 4.69) is 13.8 Å². The van der Waals surface area contributed by atoms with Crippen molar-refractivity contribution in [1.29, 1.82) is 0 Å². The molecule has 42 heavy (non-hydrogen) atoms. The van der Waals surface area contributed by atoms with E-state index in [4.69, 9.17) is 9.47 Å². The van der Waals surface area contributed by atoms with Gasteiger partial charge in [-0.1, -0.05) is 194 Å². The Hall–Kier alpha value is -1.32. The van der Waals surface area contributed by atoms with Crippen molar-refractivity contribution < 1.29 is 19.1 Å². The summed E-state index contributed by atoms with van der Waals surface area (Å²) in [6, 6.07) is 0. The van der Waals surface area contributed by atoms with Gasteiger partial charge in [-0.15, -0.1) is 0 Å².